The van der Waals surface area contributed by atoms with E-state index in [2.05, 4.69) is 10.6 Å². The Labute approximate surface area is 128 Å². The van der Waals surface area contributed by atoms with E-state index in [-0.39, 0.29) is 24.2 Å². The molecule has 2 N–H and O–H groups in total. The van der Waals surface area contributed by atoms with E-state index in [4.69, 9.17) is 0 Å². The van der Waals surface area contributed by atoms with Crippen LogP contribution in [0.5, 0.6) is 0 Å². The first-order valence-electron chi connectivity index (χ1n) is 6.99. The lowest BCUT2D eigenvalue weighted by Gasteiger charge is -2.07. The summed E-state index contributed by atoms with van der Waals surface area (Å²) in [5.74, 6) is -0.861. The predicted octanol–water partition coefficient (Wildman–Crippen LogP) is 1.91. The molecule has 0 unspecified atom stereocenters. The van der Waals surface area contributed by atoms with Gasteiger partial charge in [0.1, 0.15) is 5.82 Å². The molecule has 2 amide bonds. The zero-order chi connectivity index (χ0) is 15.8. The van der Waals surface area contributed by atoms with Crippen LogP contribution >= 0.6 is 0 Å². The molecule has 0 aliphatic carbocycles. The molecular formula is C17H17FN2O2. The summed E-state index contributed by atoms with van der Waals surface area (Å²) in [6.45, 7) is 0.306. The molecule has 0 aliphatic heterocycles. The summed E-state index contributed by atoms with van der Waals surface area (Å²) < 4.78 is 13.0. The van der Waals surface area contributed by atoms with Crippen LogP contribution in [0.1, 0.15) is 15.9 Å². The first-order chi connectivity index (χ1) is 10.6. The fraction of sp³-hybridized carbons (Fsp3) is 0.176. The van der Waals surface area contributed by atoms with E-state index in [1.807, 2.05) is 6.07 Å². The van der Waals surface area contributed by atoms with Crippen molar-refractivity contribution in [3.8, 4) is 0 Å². The van der Waals surface area contributed by atoms with Crippen LogP contribution in [0, 0.1) is 5.82 Å². The Hall–Kier alpha value is -2.69. The number of halogens is 1. The molecule has 5 heteroatoms. The van der Waals surface area contributed by atoms with Gasteiger partial charge < -0.3 is 10.6 Å². The molecule has 0 fully saturated rings. The van der Waals surface area contributed by atoms with Gasteiger partial charge in [0.15, 0.2) is 0 Å². The van der Waals surface area contributed by atoms with Crippen molar-refractivity contribution in [2.75, 3.05) is 13.1 Å². The van der Waals surface area contributed by atoms with Gasteiger partial charge in [-0.05, 0) is 36.2 Å². The first kappa shape index (κ1) is 15.7. The highest BCUT2D eigenvalue weighted by Gasteiger charge is 2.07. The molecule has 0 saturated heterocycles. The Bertz CT molecular complexity index is 644. The second-order valence-corrected chi connectivity index (χ2v) is 4.78. The molecule has 2 rings (SSSR count). The molecule has 2 aromatic carbocycles. The maximum Gasteiger partial charge on any atom is 0.251 e. The van der Waals surface area contributed by atoms with Crippen LogP contribution in [0.15, 0.2) is 54.6 Å². The van der Waals surface area contributed by atoms with E-state index in [1.54, 1.807) is 36.4 Å². The summed E-state index contributed by atoms with van der Waals surface area (Å²) in [5, 5.41) is 5.23. The van der Waals surface area contributed by atoms with Gasteiger partial charge in [-0.15, -0.1) is 0 Å². The predicted molar refractivity (Wildman–Crippen MR) is 81.9 cm³/mol. The van der Waals surface area contributed by atoms with E-state index < -0.39 is 0 Å². The zero-order valence-corrected chi connectivity index (χ0v) is 12.0. The number of rotatable bonds is 6. The molecule has 0 atom stereocenters. The van der Waals surface area contributed by atoms with Gasteiger partial charge in [0, 0.05) is 12.1 Å². The lowest BCUT2D eigenvalue weighted by atomic mass is 10.1. The molecule has 0 aliphatic rings. The molecular weight excluding hydrogens is 283 g/mol. The lowest BCUT2D eigenvalue weighted by molar-refractivity contribution is -0.120. The fourth-order valence-corrected chi connectivity index (χ4v) is 1.95. The highest BCUT2D eigenvalue weighted by atomic mass is 19.1. The van der Waals surface area contributed by atoms with Crippen LogP contribution in [0.2, 0.25) is 0 Å². The summed E-state index contributed by atoms with van der Waals surface area (Å²) in [6.07, 6.45) is 0.538. The van der Waals surface area contributed by atoms with E-state index in [0.29, 0.717) is 18.5 Å². The minimum atomic E-state index is -0.293. The van der Waals surface area contributed by atoms with E-state index >= 15 is 0 Å². The van der Waals surface area contributed by atoms with Crippen LogP contribution in [-0.2, 0) is 11.2 Å². The second kappa shape index (κ2) is 7.93. The lowest BCUT2D eigenvalue weighted by Crippen LogP contribution is -2.37. The Morgan fingerprint density at radius 1 is 0.955 bits per heavy atom. The van der Waals surface area contributed by atoms with E-state index in [1.165, 1.54) is 12.1 Å². The van der Waals surface area contributed by atoms with Crippen LogP contribution in [0.3, 0.4) is 0 Å². The SMILES string of the molecule is O=C(CNC(=O)c1ccccc1)NCCc1cccc(F)c1. The minimum absolute atomic E-state index is 0.0864. The first-order valence-corrected chi connectivity index (χ1v) is 6.99. The van der Waals surface area contributed by atoms with Crippen molar-refractivity contribution in [2.24, 2.45) is 0 Å². The molecule has 0 spiro atoms. The third-order valence-electron chi connectivity index (χ3n) is 3.07. The van der Waals surface area contributed by atoms with Crippen LogP contribution in [0.25, 0.3) is 0 Å². The largest absolute Gasteiger partial charge is 0.354 e. The second-order valence-electron chi connectivity index (χ2n) is 4.78. The molecule has 0 bridgehead atoms. The monoisotopic (exact) mass is 300 g/mol. The van der Waals surface area contributed by atoms with Crippen molar-refractivity contribution in [1.29, 1.82) is 0 Å². The van der Waals surface area contributed by atoms with Gasteiger partial charge in [-0.3, -0.25) is 9.59 Å². The van der Waals surface area contributed by atoms with Gasteiger partial charge in [-0.1, -0.05) is 30.3 Å². The normalized spacial score (nSPS) is 10.0. The fourth-order valence-electron chi connectivity index (χ4n) is 1.95. The van der Waals surface area contributed by atoms with Crippen LogP contribution in [0.4, 0.5) is 4.39 Å². The van der Waals surface area contributed by atoms with Gasteiger partial charge in [0.2, 0.25) is 5.91 Å². The summed E-state index contributed by atoms with van der Waals surface area (Å²) in [6, 6.07) is 14.9. The Balaban J connectivity index is 1.69. The van der Waals surface area contributed by atoms with Crippen molar-refractivity contribution in [3.63, 3.8) is 0 Å². The number of carbonyl (C=O) groups is 2. The molecule has 22 heavy (non-hydrogen) atoms. The minimum Gasteiger partial charge on any atom is -0.354 e. The average molecular weight is 300 g/mol. The van der Waals surface area contributed by atoms with Gasteiger partial charge >= 0.3 is 0 Å². The van der Waals surface area contributed by atoms with Gasteiger partial charge in [0.05, 0.1) is 6.54 Å². The number of carbonyl (C=O) groups excluding carboxylic acids is 2. The molecule has 0 radical (unpaired) electrons. The van der Waals surface area contributed by atoms with Gasteiger partial charge in [-0.25, -0.2) is 4.39 Å². The van der Waals surface area contributed by atoms with Crippen molar-refractivity contribution >= 4 is 11.8 Å². The molecule has 0 saturated carbocycles. The molecule has 2 aromatic rings. The van der Waals surface area contributed by atoms with Crippen molar-refractivity contribution in [1.82, 2.24) is 10.6 Å². The quantitative estimate of drug-likeness (QED) is 0.856. The van der Waals surface area contributed by atoms with Crippen LogP contribution < -0.4 is 10.6 Å². The summed E-state index contributed by atoms with van der Waals surface area (Å²) >= 11 is 0. The van der Waals surface area contributed by atoms with E-state index in [0.717, 1.165) is 5.56 Å². The molecule has 0 heterocycles. The number of amides is 2. The Kier molecular flexibility index (Phi) is 5.65. The van der Waals surface area contributed by atoms with Crippen molar-refractivity contribution in [3.05, 3.63) is 71.5 Å². The number of hydrogen-bond acceptors (Lipinski definition) is 2. The van der Waals surface area contributed by atoms with Crippen LogP contribution in [-0.4, -0.2) is 24.9 Å². The topological polar surface area (TPSA) is 58.2 Å². The number of hydrogen-bond donors (Lipinski definition) is 2. The summed E-state index contributed by atoms with van der Waals surface area (Å²) in [4.78, 5) is 23.4. The van der Waals surface area contributed by atoms with Crippen molar-refractivity contribution < 1.29 is 14.0 Å². The highest BCUT2D eigenvalue weighted by Crippen LogP contribution is 2.03. The molecule has 114 valence electrons. The zero-order valence-electron chi connectivity index (χ0n) is 12.0. The smallest absolute Gasteiger partial charge is 0.251 e. The third kappa shape index (κ3) is 5.01. The maximum absolute atomic E-state index is 13.0. The highest BCUT2D eigenvalue weighted by molar-refractivity contribution is 5.96. The average Bonchev–Trinajstić information content (AvgIpc) is 2.53. The molecule has 0 aromatic heterocycles. The summed E-state index contributed by atoms with van der Waals surface area (Å²) in [7, 11) is 0. The Morgan fingerprint density at radius 3 is 2.45 bits per heavy atom. The van der Waals surface area contributed by atoms with Gasteiger partial charge in [0.25, 0.3) is 5.91 Å². The third-order valence-corrected chi connectivity index (χ3v) is 3.07. The van der Waals surface area contributed by atoms with Crippen molar-refractivity contribution in [2.45, 2.75) is 6.42 Å². The maximum atomic E-state index is 13.0. The van der Waals surface area contributed by atoms with E-state index in [9.17, 15) is 14.0 Å². The summed E-state index contributed by atoms with van der Waals surface area (Å²) in [5.41, 5.74) is 1.32. The Morgan fingerprint density at radius 2 is 1.73 bits per heavy atom. The molecule has 4 nitrogen and oxygen atoms in total. The number of nitrogens with one attached hydrogen (secondary N) is 2. The standard InChI is InChI=1S/C17H17FN2O2/c18-15-8-4-5-13(11-15)9-10-19-16(21)12-20-17(22)14-6-2-1-3-7-14/h1-8,11H,9-10,12H2,(H,19,21)(H,20,22). The van der Waals surface area contributed by atoms with Gasteiger partial charge in [-0.2, -0.15) is 0 Å². The number of benzene rings is 2.